The number of benzene rings is 1. The van der Waals surface area contributed by atoms with Gasteiger partial charge in [-0.1, -0.05) is 25.1 Å². The fourth-order valence-corrected chi connectivity index (χ4v) is 2.91. The van der Waals surface area contributed by atoms with Gasteiger partial charge in [0.05, 0.1) is 5.56 Å². The lowest BCUT2D eigenvalue weighted by Gasteiger charge is -2.12. The van der Waals surface area contributed by atoms with E-state index in [1.54, 1.807) is 6.20 Å². The zero-order valence-corrected chi connectivity index (χ0v) is 11.6. The van der Waals surface area contributed by atoms with Gasteiger partial charge in [0.1, 0.15) is 6.07 Å². The van der Waals surface area contributed by atoms with Crippen LogP contribution < -0.4 is 5.32 Å². The lowest BCUT2D eigenvalue weighted by atomic mass is 10.00. The summed E-state index contributed by atoms with van der Waals surface area (Å²) in [6.45, 7) is 3.14. The van der Waals surface area contributed by atoms with E-state index in [1.165, 1.54) is 17.5 Å². The van der Waals surface area contributed by atoms with Crippen molar-refractivity contribution in [3.8, 4) is 17.2 Å². The first-order valence-corrected chi connectivity index (χ1v) is 7.03. The van der Waals surface area contributed by atoms with Gasteiger partial charge in [-0.2, -0.15) is 5.26 Å². The first-order chi connectivity index (χ1) is 9.81. The molecule has 3 heteroatoms. The van der Waals surface area contributed by atoms with Gasteiger partial charge >= 0.3 is 0 Å². The molecular formula is C17H17N3. The van der Waals surface area contributed by atoms with E-state index in [9.17, 15) is 0 Å². The SMILES string of the molecule is CCNC1CCc2cc(-c3cncc(C#N)c3)ccc21. The quantitative estimate of drug-likeness (QED) is 0.925. The highest BCUT2D eigenvalue weighted by Gasteiger charge is 2.21. The highest BCUT2D eigenvalue weighted by Crippen LogP contribution is 2.34. The molecule has 0 bridgehead atoms. The Morgan fingerprint density at radius 2 is 2.20 bits per heavy atom. The molecule has 1 unspecified atom stereocenters. The molecule has 100 valence electrons. The van der Waals surface area contributed by atoms with Crippen LogP contribution in [0, 0.1) is 11.3 Å². The molecule has 1 aromatic carbocycles. The lowest BCUT2D eigenvalue weighted by Crippen LogP contribution is -2.18. The predicted octanol–water partition coefficient (Wildman–Crippen LogP) is 3.22. The molecule has 1 atom stereocenters. The second kappa shape index (κ2) is 5.44. The maximum Gasteiger partial charge on any atom is 0.101 e. The summed E-state index contributed by atoms with van der Waals surface area (Å²) in [4.78, 5) is 4.13. The van der Waals surface area contributed by atoms with Gasteiger partial charge in [0.25, 0.3) is 0 Å². The van der Waals surface area contributed by atoms with E-state index in [0.29, 0.717) is 11.6 Å². The van der Waals surface area contributed by atoms with Gasteiger partial charge in [-0.15, -0.1) is 0 Å². The van der Waals surface area contributed by atoms with Crippen molar-refractivity contribution >= 4 is 0 Å². The Bertz CT molecular complexity index is 670. The van der Waals surface area contributed by atoms with Crippen molar-refractivity contribution in [2.24, 2.45) is 0 Å². The Balaban J connectivity index is 1.95. The van der Waals surface area contributed by atoms with Crippen LogP contribution in [0.4, 0.5) is 0 Å². The second-order valence-corrected chi connectivity index (χ2v) is 5.14. The van der Waals surface area contributed by atoms with Crippen molar-refractivity contribution in [3.63, 3.8) is 0 Å². The van der Waals surface area contributed by atoms with E-state index in [0.717, 1.165) is 24.1 Å². The first kappa shape index (κ1) is 12.8. The van der Waals surface area contributed by atoms with Crippen LogP contribution in [0.15, 0.2) is 36.7 Å². The molecule has 0 radical (unpaired) electrons. The summed E-state index contributed by atoms with van der Waals surface area (Å²) in [5.74, 6) is 0. The van der Waals surface area contributed by atoms with E-state index in [4.69, 9.17) is 5.26 Å². The number of hydrogen-bond donors (Lipinski definition) is 1. The van der Waals surface area contributed by atoms with Crippen molar-refractivity contribution in [3.05, 3.63) is 53.3 Å². The molecule has 2 aromatic rings. The zero-order chi connectivity index (χ0) is 13.9. The summed E-state index contributed by atoms with van der Waals surface area (Å²) in [7, 11) is 0. The fraction of sp³-hybridized carbons (Fsp3) is 0.294. The van der Waals surface area contributed by atoms with Crippen molar-refractivity contribution in [1.82, 2.24) is 10.3 Å². The number of fused-ring (bicyclic) bond motifs is 1. The number of rotatable bonds is 3. The number of nitriles is 1. The molecule has 1 aliphatic rings. The molecule has 1 aliphatic carbocycles. The first-order valence-electron chi connectivity index (χ1n) is 7.03. The topological polar surface area (TPSA) is 48.7 Å². The third-order valence-corrected chi connectivity index (χ3v) is 3.87. The van der Waals surface area contributed by atoms with Crippen LogP contribution in [0.2, 0.25) is 0 Å². The smallest absolute Gasteiger partial charge is 0.101 e. The zero-order valence-electron chi connectivity index (χ0n) is 11.6. The standard InChI is InChI=1S/C17H17N3/c1-2-20-17-6-4-14-8-13(3-5-16(14)17)15-7-12(9-18)10-19-11-15/h3,5,7-8,10-11,17,20H,2,4,6H2,1H3. The third kappa shape index (κ3) is 2.31. The summed E-state index contributed by atoms with van der Waals surface area (Å²) in [6.07, 6.45) is 5.70. The van der Waals surface area contributed by atoms with E-state index >= 15 is 0 Å². The fourth-order valence-electron chi connectivity index (χ4n) is 2.91. The summed E-state index contributed by atoms with van der Waals surface area (Å²) < 4.78 is 0. The number of pyridine rings is 1. The Hall–Kier alpha value is -2.18. The van der Waals surface area contributed by atoms with Gasteiger partial charge < -0.3 is 5.32 Å². The molecule has 20 heavy (non-hydrogen) atoms. The number of aryl methyl sites for hydroxylation is 1. The minimum Gasteiger partial charge on any atom is -0.310 e. The van der Waals surface area contributed by atoms with Crippen LogP contribution in [-0.4, -0.2) is 11.5 Å². The molecule has 0 saturated carbocycles. The Morgan fingerprint density at radius 1 is 1.30 bits per heavy atom. The van der Waals surface area contributed by atoms with Crippen LogP contribution in [0.25, 0.3) is 11.1 Å². The minimum absolute atomic E-state index is 0.493. The Kier molecular flexibility index (Phi) is 3.49. The van der Waals surface area contributed by atoms with Crippen LogP contribution >= 0.6 is 0 Å². The van der Waals surface area contributed by atoms with Crippen LogP contribution in [0.1, 0.15) is 36.1 Å². The van der Waals surface area contributed by atoms with Crippen LogP contribution in [0.5, 0.6) is 0 Å². The highest BCUT2D eigenvalue weighted by molar-refractivity contribution is 5.66. The van der Waals surface area contributed by atoms with E-state index in [2.05, 4.69) is 41.5 Å². The predicted molar refractivity (Wildman–Crippen MR) is 79.1 cm³/mol. The number of aromatic nitrogens is 1. The maximum absolute atomic E-state index is 8.96. The molecule has 3 nitrogen and oxygen atoms in total. The van der Waals surface area contributed by atoms with E-state index in [1.807, 2.05) is 12.3 Å². The average Bonchev–Trinajstić information content (AvgIpc) is 2.90. The summed E-state index contributed by atoms with van der Waals surface area (Å²) in [6, 6.07) is 11.1. The number of hydrogen-bond acceptors (Lipinski definition) is 3. The van der Waals surface area contributed by atoms with Gasteiger partial charge in [-0.05, 0) is 42.1 Å². The van der Waals surface area contributed by atoms with Crippen LogP contribution in [0.3, 0.4) is 0 Å². The van der Waals surface area contributed by atoms with Crippen molar-refractivity contribution < 1.29 is 0 Å². The van der Waals surface area contributed by atoms with Gasteiger partial charge in [0.2, 0.25) is 0 Å². The van der Waals surface area contributed by atoms with Crippen molar-refractivity contribution in [2.45, 2.75) is 25.8 Å². The average molecular weight is 263 g/mol. The Labute approximate surface area is 119 Å². The monoisotopic (exact) mass is 263 g/mol. The Morgan fingerprint density at radius 3 is 3.00 bits per heavy atom. The van der Waals surface area contributed by atoms with Gasteiger partial charge in [-0.25, -0.2) is 0 Å². The molecule has 1 N–H and O–H groups in total. The molecule has 1 aromatic heterocycles. The molecule has 0 spiro atoms. The molecule has 0 amide bonds. The molecule has 0 fully saturated rings. The largest absolute Gasteiger partial charge is 0.310 e. The number of nitrogens with zero attached hydrogens (tertiary/aromatic N) is 2. The third-order valence-electron chi connectivity index (χ3n) is 3.87. The van der Waals surface area contributed by atoms with Crippen LogP contribution in [-0.2, 0) is 6.42 Å². The van der Waals surface area contributed by atoms with Gasteiger partial charge in [0, 0.05) is 24.0 Å². The lowest BCUT2D eigenvalue weighted by molar-refractivity contribution is 0.549. The second-order valence-electron chi connectivity index (χ2n) is 5.14. The van der Waals surface area contributed by atoms with Gasteiger partial charge in [0.15, 0.2) is 0 Å². The molecule has 0 aliphatic heterocycles. The minimum atomic E-state index is 0.493. The molecule has 0 saturated heterocycles. The summed E-state index contributed by atoms with van der Waals surface area (Å²) >= 11 is 0. The van der Waals surface area contributed by atoms with Crippen molar-refractivity contribution in [1.29, 1.82) is 5.26 Å². The highest BCUT2D eigenvalue weighted by atomic mass is 14.9. The molecular weight excluding hydrogens is 246 g/mol. The van der Waals surface area contributed by atoms with Gasteiger partial charge in [-0.3, -0.25) is 4.98 Å². The van der Waals surface area contributed by atoms with E-state index < -0.39 is 0 Å². The molecule has 3 rings (SSSR count). The normalized spacial score (nSPS) is 16.7. The maximum atomic E-state index is 8.96. The van der Waals surface area contributed by atoms with E-state index in [-0.39, 0.29) is 0 Å². The number of nitrogens with one attached hydrogen (secondary N) is 1. The summed E-state index contributed by atoms with van der Waals surface area (Å²) in [5, 5.41) is 12.5. The summed E-state index contributed by atoms with van der Waals surface area (Å²) in [5.41, 5.74) is 5.59. The van der Waals surface area contributed by atoms with Crippen molar-refractivity contribution in [2.75, 3.05) is 6.54 Å². The molecule has 1 heterocycles.